The largest absolute Gasteiger partial charge is 0.481 e. The second-order valence-electron chi connectivity index (χ2n) is 9.64. The van der Waals surface area contributed by atoms with Crippen molar-refractivity contribution in [1.29, 1.82) is 0 Å². The van der Waals surface area contributed by atoms with Crippen molar-refractivity contribution < 1.29 is 14.7 Å². The van der Waals surface area contributed by atoms with Gasteiger partial charge in [-0.1, -0.05) is 74.5 Å². The van der Waals surface area contributed by atoms with Crippen LogP contribution in [-0.2, 0) is 9.59 Å². The van der Waals surface area contributed by atoms with E-state index < -0.39 is 5.97 Å². The summed E-state index contributed by atoms with van der Waals surface area (Å²) in [6.45, 7) is 10.1. The van der Waals surface area contributed by atoms with Crippen LogP contribution in [0.25, 0.3) is 22.5 Å². The Kier molecular flexibility index (Phi) is 18.4. The zero-order valence-electron chi connectivity index (χ0n) is 26.6. The standard InChI is InChI=1S/C27H36N6.C5H8O3.C2H6/c1-20(2)33-25(21-13-7-5-8-14-21)23(27(32-19-28)31-18-12-11-17-29-3)24(30-4)26(33)22-15-9-6-10-16-22;6-4-2-1-3-5(7)8;1-2/h5-10,13-16,19-20,29-30H,11-12,17-18H2,1-4H3,(H2,28,31,32);4H,1-3H2,(H,7,8);1-2H3. The molecule has 5 N–H and O–H groups in total. The number of rotatable bonds is 14. The first-order valence-corrected chi connectivity index (χ1v) is 15.1. The molecule has 0 saturated heterocycles. The lowest BCUT2D eigenvalue weighted by Crippen LogP contribution is -2.09. The minimum absolute atomic E-state index is 0.0960. The van der Waals surface area contributed by atoms with Gasteiger partial charge >= 0.3 is 5.97 Å². The molecule has 234 valence electrons. The van der Waals surface area contributed by atoms with Gasteiger partial charge in [-0.2, -0.15) is 0 Å². The number of nitrogens with one attached hydrogen (secondary N) is 2. The van der Waals surface area contributed by atoms with Crippen molar-refractivity contribution in [2.75, 3.05) is 32.5 Å². The average Bonchev–Trinajstić information content (AvgIpc) is 3.38. The van der Waals surface area contributed by atoms with Gasteiger partial charge in [-0.05, 0) is 52.3 Å². The topological polar surface area (TPSA) is 134 Å². The molecule has 3 rings (SSSR count). The van der Waals surface area contributed by atoms with Crippen molar-refractivity contribution >= 4 is 30.1 Å². The molecule has 0 unspecified atom stereocenters. The van der Waals surface area contributed by atoms with Crippen molar-refractivity contribution in [3.05, 3.63) is 66.2 Å². The molecule has 0 aliphatic carbocycles. The lowest BCUT2D eigenvalue weighted by molar-refractivity contribution is -0.137. The lowest BCUT2D eigenvalue weighted by atomic mass is 10.0. The molecule has 9 nitrogen and oxygen atoms in total. The maximum absolute atomic E-state index is 9.76. The predicted octanol–water partition coefficient (Wildman–Crippen LogP) is 6.64. The summed E-state index contributed by atoms with van der Waals surface area (Å²) in [4.78, 5) is 28.8. The number of carboxylic acid groups (broad SMARTS) is 1. The number of aliphatic imine (C=N–C) groups is 2. The molecular weight excluding hydrogens is 540 g/mol. The van der Waals surface area contributed by atoms with Crippen molar-refractivity contribution in [2.24, 2.45) is 15.7 Å². The number of aldehydes is 1. The maximum atomic E-state index is 9.76. The van der Waals surface area contributed by atoms with E-state index >= 15 is 0 Å². The Hall–Kier alpha value is -4.24. The first-order valence-electron chi connectivity index (χ1n) is 15.1. The Bertz CT molecular complexity index is 1270. The molecule has 0 aliphatic heterocycles. The van der Waals surface area contributed by atoms with Gasteiger partial charge < -0.3 is 30.8 Å². The third-order valence-electron chi connectivity index (χ3n) is 6.30. The molecular formula is C34H50N6O3. The van der Waals surface area contributed by atoms with Gasteiger partial charge in [-0.3, -0.25) is 9.79 Å². The van der Waals surface area contributed by atoms with Crippen LogP contribution in [0.15, 0.2) is 70.6 Å². The summed E-state index contributed by atoms with van der Waals surface area (Å²) in [5, 5.41) is 14.7. The minimum Gasteiger partial charge on any atom is -0.481 e. The first-order chi connectivity index (χ1) is 20.9. The van der Waals surface area contributed by atoms with Gasteiger partial charge in [0.15, 0.2) is 5.84 Å². The molecule has 0 atom stereocenters. The molecule has 43 heavy (non-hydrogen) atoms. The van der Waals surface area contributed by atoms with Crippen molar-refractivity contribution in [3.8, 4) is 22.5 Å². The highest BCUT2D eigenvalue weighted by molar-refractivity contribution is 6.14. The average molecular weight is 591 g/mol. The number of carbonyl (C=O) groups excluding carboxylic acids is 1. The van der Waals surface area contributed by atoms with Crippen molar-refractivity contribution in [2.45, 2.75) is 65.8 Å². The van der Waals surface area contributed by atoms with Gasteiger partial charge in [0.2, 0.25) is 0 Å². The van der Waals surface area contributed by atoms with E-state index in [0.29, 0.717) is 25.2 Å². The van der Waals surface area contributed by atoms with Gasteiger partial charge in [0.25, 0.3) is 0 Å². The zero-order valence-corrected chi connectivity index (χ0v) is 26.6. The lowest BCUT2D eigenvalue weighted by Gasteiger charge is -2.18. The van der Waals surface area contributed by atoms with Crippen LogP contribution in [0.3, 0.4) is 0 Å². The Labute approximate surface area is 257 Å². The number of carbonyl (C=O) groups is 2. The number of hydrogen-bond donors (Lipinski definition) is 4. The van der Waals surface area contributed by atoms with Crippen molar-refractivity contribution in [1.82, 2.24) is 9.88 Å². The van der Waals surface area contributed by atoms with Gasteiger partial charge in [-0.25, -0.2) is 4.99 Å². The summed E-state index contributed by atoms with van der Waals surface area (Å²) < 4.78 is 2.38. The smallest absolute Gasteiger partial charge is 0.303 e. The van der Waals surface area contributed by atoms with Crippen LogP contribution in [0.2, 0.25) is 0 Å². The summed E-state index contributed by atoms with van der Waals surface area (Å²) in [5.74, 6) is -0.186. The highest BCUT2D eigenvalue weighted by atomic mass is 16.4. The fourth-order valence-corrected chi connectivity index (χ4v) is 4.52. The first kappa shape index (κ1) is 36.8. The van der Waals surface area contributed by atoms with E-state index in [9.17, 15) is 9.59 Å². The van der Waals surface area contributed by atoms with Crippen molar-refractivity contribution in [3.63, 3.8) is 0 Å². The van der Waals surface area contributed by atoms with E-state index in [1.54, 1.807) is 0 Å². The Morgan fingerprint density at radius 3 is 2.00 bits per heavy atom. The summed E-state index contributed by atoms with van der Waals surface area (Å²) in [6.07, 6.45) is 5.02. The molecule has 0 saturated carbocycles. The Balaban J connectivity index is 0.000000801. The monoisotopic (exact) mass is 590 g/mol. The fourth-order valence-electron chi connectivity index (χ4n) is 4.52. The van der Waals surface area contributed by atoms with E-state index in [-0.39, 0.29) is 12.5 Å². The number of hydrogen-bond acceptors (Lipinski definition) is 5. The number of aromatic nitrogens is 1. The number of nitrogens with zero attached hydrogens (tertiary/aromatic N) is 3. The number of unbranched alkanes of at least 4 members (excludes halogenated alkanes) is 2. The number of aliphatic carboxylic acids is 1. The third-order valence-corrected chi connectivity index (χ3v) is 6.30. The van der Waals surface area contributed by atoms with Crippen LogP contribution in [0.4, 0.5) is 5.69 Å². The molecule has 1 aromatic heterocycles. The number of nitrogens with two attached hydrogens (primary N) is 1. The van der Waals surface area contributed by atoms with Gasteiger partial charge in [0.1, 0.15) is 6.29 Å². The van der Waals surface area contributed by atoms with Crippen LogP contribution < -0.4 is 16.4 Å². The van der Waals surface area contributed by atoms with E-state index in [1.165, 1.54) is 6.34 Å². The highest BCUT2D eigenvalue weighted by Gasteiger charge is 2.28. The quantitative estimate of drug-likeness (QED) is 0.0719. The van der Waals surface area contributed by atoms with E-state index in [1.807, 2.05) is 40.1 Å². The molecule has 9 heteroatoms. The predicted molar refractivity (Wildman–Crippen MR) is 181 cm³/mol. The van der Waals surface area contributed by atoms with E-state index in [0.717, 1.165) is 59.4 Å². The summed E-state index contributed by atoms with van der Waals surface area (Å²) in [5.41, 5.74) is 12.3. The number of carboxylic acids is 1. The fraction of sp³-hybridized carbons (Fsp3) is 0.412. The van der Waals surface area contributed by atoms with Crippen LogP contribution in [0, 0.1) is 0 Å². The summed E-state index contributed by atoms with van der Waals surface area (Å²) in [7, 11) is 3.93. The third kappa shape index (κ3) is 11.5. The molecule has 0 bridgehead atoms. The molecule has 1 heterocycles. The maximum Gasteiger partial charge on any atom is 0.303 e. The molecule has 0 spiro atoms. The van der Waals surface area contributed by atoms with Crippen LogP contribution in [-0.4, -0.2) is 61.3 Å². The molecule has 0 fully saturated rings. The Morgan fingerprint density at radius 2 is 1.53 bits per heavy atom. The molecule has 2 aromatic carbocycles. The van der Waals surface area contributed by atoms with Gasteiger partial charge in [-0.15, -0.1) is 0 Å². The Morgan fingerprint density at radius 1 is 0.953 bits per heavy atom. The SMILES string of the molecule is CC.CNCCCCN=C(N=CN)c1c(NC)c(-c2ccccc2)n(C(C)C)c1-c1ccccc1.O=CCCCC(=O)O. The normalized spacial score (nSPS) is 11.0. The van der Waals surface area contributed by atoms with E-state index in [2.05, 4.69) is 82.6 Å². The van der Waals surface area contributed by atoms with Crippen LogP contribution in [0.1, 0.15) is 71.4 Å². The van der Waals surface area contributed by atoms with Gasteiger partial charge in [0, 0.05) is 38.0 Å². The zero-order chi connectivity index (χ0) is 32.0. The number of amidine groups is 1. The highest BCUT2D eigenvalue weighted by Crippen LogP contribution is 2.43. The number of anilines is 1. The molecule has 0 amide bonds. The van der Waals surface area contributed by atoms with Crippen LogP contribution in [0.5, 0.6) is 0 Å². The molecule has 0 radical (unpaired) electrons. The summed E-state index contributed by atoms with van der Waals surface area (Å²) in [6, 6.07) is 21.2. The minimum atomic E-state index is -0.841. The van der Waals surface area contributed by atoms with Gasteiger partial charge in [0.05, 0.1) is 29.0 Å². The van der Waals surface area contributed by atoms with Crippen LogP contribution >= 0.6 is 0 Å². The second kappa shape index (κ2) is 21.5. The summed E-state index contributed by atoms with van der Waals surface area (Å²) >= 11 is 0. The molecule has 3 aromatic rings. The second-order valence-corrected chi connectivity index (χ2v) is 9.64. The van der Waals surface area contributed by atoms with E-state index in [4.69, 9.17) is 15.8 Å². The number of benzene rings is 2. The molecule has 0 aliphatic rings.